The molecule has 0 amide bonds. The molecule has 2 aromatic carbocycles. The van der Waals surface area contributed by atoms with Gasteiger partial charge in [0.2, 0.25) is 0 Å². The van der Waals surface area contributed by atoms with Crippen LogP contribution in [0.3, 0.4) is 0 Å². The molecule has 6 rings (SSSR count). The monoisotopic (exact) mass is 389 g/mol. The van der Waals surface area contributed by atoms with Crippen molar-refractivity contribution in [2.75, 3.05) is 0 Å². The van der Waals surface area contributed by atoms with Gasteiger partial charge in [0, 0.05) is 12.1 Å². The molecule has 2 heteroatoms. The van der Waals surface area contributed by atoms with E-state index in [-0.39, 0.29) is 0 Å². The first kappa shape index (κ1) is 19.2. The highest BCUT2D eigenvalue weighted by Gasteiger charge is 2.59. The molecule has 4 bridgehead atoms. The van der Waals surface area contributed by atoms with Crippen molar-refractivity contribution in [1.29, 1.82) is 0 Å². The van der Waals surface area contributed by atoms with Gasteiger partial charge in [-0.2, -0.15) is 0 Å². The SMILES string of the molecule is Cc1ccc(COc2cccc(CNC34CC5CC(C)(CC(C)(C5)C3)C4)c2)cc1. The van der Waals surface area contributed by atoms with Gasteiger partial charge in [0.1, 0.15) is 12.4 Å². The molecule has 4 aliphatic rings. The lowest BCUT2D eigenvalue weighted by Crippen LogP contribution is -2.63. The Morgan fingerprint density at radius 3 is 2.31 bits per heavy atom. The first-order valence-electron chi connectivity index (χ1n) is 11.4. The Labute approximate surface area is 176 Å². The first-order chi connectivity index (χ1) is 13.8. The number of aryl methyl sites for hydroxylation is 1. The second-order valence-corrected chi connectivity index (χ2v) is 11.2. The highest BCUT2D eigenvalue weighted by atomic mass is 16.5. The number of ether oxygens (including phenoxy) is 1. The van der Waals surface area contributed by atoms with Crippen LogP contribution in [0.1, 0.15) is 69.1 Å². The topological polar surface area (TPSA) is 21.3 Å². The van der Waals surface area contributed by atoms with Gasteiger partial charge in [0.05, 0.1) is 0 Å². The largest absolute Gasteiger partial charge is 0.489 e. The molecular formula is C27H35NO. The molecule has 0 radical (unpaired) electrons. The van der Waals surface area contributed by atoms with Gasteiger partial charge >= 0.3 is 0 Å². The molecule has 2 aromatic rings. The van der Waals surface area contributed by atoms with Gasteiger partial charge in [-0.3, -0.25) is 0 Å². The maximum atomic E-state index is 6.07. The van der Waals surface area contributed by atoms with E-state index in [4.69, 9.17) is 4.74 Å². The summed E-state index contributed by atoms with van der Waals surface area (Å²) in [6, 6.07) is 17.2. The second kappa shape index (κ2) is 6.87. The molecule has 2 atom stereocenters. The van der Waals surface area contributed by atoms with Gasteiger partial charge in [-0.15, -0.1) is 0 Å². The minimum absolute atomic E-state index is 0.349. The lowest BCUT2D eigenvalue weighted by atomic mass is 9.43. The van der Waals surface area contributed by atoms with E-state index in [1.807, 2.05) is 0 Å². The lowest BCUT2D eigenvalue weighted by Gasteiger charge is -2.65. The molecule has 4 fully saturated rings. The summed E-state index contributed by atoms with van der Waals surface area (Å²) in [7, 11) is 0. The third-order valence-electron chi connectivity index (χ3n) is 7.72. The molecule has 0 heterocycles. The maximum Gasteiger partial charge on any atom is 0.120 e. The minimum Gasteiger partial charge on any atom is -0.489 e. The first-order valence-corrected chi connectivity index (χ1v) is 11.4. The molecule has 2 nitrogen and oxygen atoms in total. The van der Waals surface area contributed by atoms with Gasteiger partial charge in [-0.05, 0) is 85.5 Å². The zero-order valence-corrected chi connectivity index (χ0v) is 18.3. The van der Waals surface area contributed by atoms with Crippen LogP contribution in [0, 0.1) is 23.7 Å². The average Bonchev–Trinajstić information content (AvgIpc) is 2.64. The molecule has 4 aliphatic carbocycles. The normalized spacial score (nSPS) is 35.1. The van der Waals surface area contributed by atoms with Gasteiger partial charge in [0.25, 0.3) is 0 Å². The van der Waals surface area contributed by atoms with E-state index in [9.17, 15) is 0 Å². The number of hydrogen-bond acceptors (Lipinski definition) is 2. The summed E-state index contributed by atoms with van der Waals surface area (Å²) in [6.45, 7) is 8.78. The summed E-state index contributed by atoms with van der Waals surface area (Å²) in [4.78, 5) is 0. The fraction of sp³-hybridized carbons (Fsp3) is 0.556. The Morgan fingerprint density at radius 1 is 0.897 bits per heavy atom. The Kier molecular flexibility index (Phi) is 4.55. The number of nitrogens with one attached hydrogen (secondary N) is 1. The van der Waals surface area contributed by atoms with Crippen molar-refractivity contribution in [2.24, 2.45) is 16.7 Å². The summed E-state index contributed by atoms with van der Waals surface area (Å²) in [6.07, 6.45) is 8.43. The quantitative estimate of drug-likeness (QED) is 0.616. The standard InChI is InChI=1S/C27H35NO/c1-20-7-9-21(10-8-20)16-29-24-6-4-5-22(11-24)15-28-27-14-23-12-25(2,18-27)17-26(3,13-23)19-27/h4-11,23,28H,12-19H2,1-3H3. The van der Waals surface area contributed by atoms with Crippen LogP contribution in [0.4, 0.5) is 0 Å². The van der Waals surface area contributed by atoms with E-state index in [1.165, 1.54) is 55.2 Å². The summed E-state index contributed by atoms with van der Waals surface area (Å²) in [5.41, 5.74) is 5.29. The second-order valence-electron chi connectivity index (χ2n) is 11.2. The van der Waals surface area contributed by atoms with E-state index in [2.05, 4.69) is 74.6 Å². The lowest BCUT2D eigenvalue weighted by molar-refractivity contribution is -0.118. The van der Waals surface area contributed by atoms with Crippen LogP contribution in [0.5, 0.6) is 5.75 Å². The van der Waals surface area contributed by atoms with E-state index >= 15 is 0 Å². The predicted octanol–water partition coefficient (Wildman–Crippen LogP) is 6.41. The van der Waals surface area contributed by atoms with Gasteiger partial charge in [-0.1, -0.05) is 55.8 Å². The number of hydrogen-bond donors (Lipinski definition) is 1. The van der Waals surface area contributed by atoms with Crippen molar-refractivity contribution in [2.45, 2.75) is 78.0 Å². The van der Waals surface area contributed by atoms with Crippen LogP contribution in [0.2, 0.25) is 0 Å². The molecule has 1 N–H and O–H groups in total. The summed E-state index contributed by atoms with van der Waals surface area (Å²) in [5, 5.41) is 4.05. The van der Waals surface area contributed by atoms with Crippen molar-refractivity contribution in [3.05, 3.63) is 65.2 Å². The molecule has 2 unspecified atom stereocenters. The summed E-state index contributed by atoms with van der Waals surface area (Å²) >= 11 is 0. The smallest absolute Gasteiger partial charge is 0.120 e. The summed E-state index contributed by atoms with van der Waals surface area (Å²) < 4.78 is 6.07. The van der Waals surface area contributed by atoms with E-state index < -0.39 is 0 Å². The van der Waals surface area contributed by atoms with Crippen LogP contribution in [0.15, 0.2) is 48.5 Å². The average molecular weight is 390 g/mol. The third-order valence-corrected chi connectivity index (χ3v) is 7.72. The minimum atomic E-state index is 0.349. The highest BCUT2D eigenvalue weighted by molar-refractivity contribution is 5.30. The molecule has 154 valence electrons. The van der Waals surface area contributed by atoms with Crippen molar-refractivity contribution in [1.82, 2.24) is 5.32 Å². The summed E-state index contributed by atoms with van der Waals surface area (Å²) in [5.74, 6) is 1.90. The van der Waals surface area contributed by atoms with Gasteiger partial charge < -0.3 is 10.1 Å². The predicted molar refractivity (Wildman–Crippen MR) is 119 cm³/mol. The Balaban J connectivity index is 1.24. The van der Waals surface area contributed by atoms with Gasteiger partial charge in [-0.25, -0.2) is 0 Å². The van der Waals surface area contributed by atoms with Crippen LogP contribution < -0.4 is 10.1 Å². The highest BCUT2D eigenvalue weighted by Crippen LogP contribution is 2.66. The van der Waals surface area contributed by atoms with E-state index in [0.29, 0.717) is 23.0 Å². The van der Waals surface area contributed by atoms with E-state index in [0.717, 1.165) is 18.2 Å². The van der Waals surface area contributed by atoms with Crippen LogP contribution >= 0.6 is 0 Å². The van der Waals surface area contributed by atoms with Crippen molar-refractivity contribution in [3.63, 3.8) is 0 Å². The van der Waals surface area contributed by atoms with Gasteiger partial charge in [0.15, 0.2) is 0 Å². The Bertz CT molecular complexity index is 868. The molecule has 29 heavy (non-hydrogen) atoms. The van der Waals surface area contributed by atoms with E-state index in [1.54, 1.807) is 0 Å². The van der Waals surface area contributed by atoms with Crippen molar-refractivity contribution >= 4 is 0 Å². The molecule has 0 saturated heterocycles. The molecule has 0 aliphatic heterocycles. The van der Waals surface area contributed by atoms with Crippen molar-refractivity contribution < 1.29 is 4.74 Å². The zero-order chi connectivity index (χ0) is 20.1. The molecule has 0 aromatic heterocycles. The molecule has 0 spiro atoms. The number of benzene rings is 2. The fourth-order valence-electron chi connectivity index (χ4n) is 7.53. The van der Waals surface area contributed by atoms with Crippen LogP contribution in [-0.4, -0.2) is 5.54 Å². The number of rotatable bonds is 6. The van der Waals surface area contributed by atoms with Crippen LogP contribution in [0.25, 0.3) is 0 Å². The Morgan fingerprint density at radius 2 is 1.62 bits per heavy atom. The Hall–Kier alpha value is -1.80. The maximum absolute atomic E-state index is 6.07. The zero-order valence-electron chi connectivity index (χ0n) is 18.3. The van der Waals surface area contributed by atoms with Crippen molar-refractivity contribution in [3.8, 4) is 5.75 Å². The fourth-order valence-corrected chi connectivity index (χ4v) is 7.53. The molecule has 4 saturated carbocycles. The van der Waals surface area contributed by atoms with Crippen LogP contribution in [-0.2, 0) is 13.2 Å². The third kappa shape index (κ3) is 3.97. The molecular weight excluding hydrogens is 354 g/mol.